The predicted octanol–water partition coefficient (Wildman–Crippen LogP) is 5.28. The highest BCUT2D eigenvalue weighted by Crippen LogP contribution is 2.27. The first-order chi connectivity index (χ1) is 18.0. The summed E-state index contributed by atoms with van der Waals surface area (Å²) in [5, 5.41) is 17.8. The Morgan fingerprint density at radius 3 is 2.34 bits per heavy atom. The average molecular weight is 523 g/mol. The molecular formula is C29H38N4O5. The van der Waals surface area contributed by atoms with Gasteiger partial charge in [0.15, 0.2) is 5.78 Å². The van der Waals surface area contributed by atoms with E-state index in [4.69, 9.17) is 5.11 Å². The van der Waals surface area contributed by atoms with Crippen LogP contribution in [0.3, 0.4) is 0 Å². The van der Waals surface area contributed by atoms with Gasteiger partial charge in [0.1, 0.15) is 0 Å². The largest absolute Gasteiger partial charge is 0.481 e. The van der Waals surface area contributed by atoms with Crippen LogP contribution in [0.5, 0.6) is 0 Å². The number of aliphatic carboxylic acids is 1. The minimum absolute atomic E-state index is 0.0261. The van der Waals surface area contributed by atoms with E-state index in [2.05, 4.69) is 16.0 Å². The minimum atomic E-state index is -0.929. The fourth-order valence-electron chi connectivity index (χ4n) is 4.73. The molecule has 3 rings (SSSR count). The SMILES string of the molecule is Cc1ccccc1NC(=O)Nc1ccc(NC(C)(C)C(=O)[C@@H]2CCCN2C(=O)CC[C@H](C)CC(=O)O)cc1. The van der Waals surface area contributed by atoms with Crippen molar-refractivity contribution in [3.05, 3.63) is 54.1 Å². The van der Waals surface area contributed by atoms with E-state index in [1.54, 1.807) is 43.0 Å². The molecule has 0 radical (unpaired) electrons. The highest BCUT2D eigenvalue weighted by Gasteiger charge is 2.41. The first kappa shape index (κ1) is 28.7. The Morgan fingerprint density at radius 1 is 1.03 bits per heavy atom. The fraction of sp³-hybridized carbons (Fsp3) is 0.448. The van der Waals surface area contributed by atoms with Gasteiger partial charge in [0.05, 0.1) is 11.6 Å². The van der Waals surface area contributed by atoms with Gasteiger partial charge in [0.2, 0.25) is 5.91 Å². The molecule has 2 aromatic carbocycles. The Hall–Kier alpha value is -3.88. The van der Waals surface area contributed by atoms with Crippen molar-refractivity contribution in [3.8, 4) is 0 Å². The molecule has 2 aromatic rings. The third-order valence-electron chi connectivity index (χ3n) is 6.86. The number of nitrogens with one attached hydrogen (secondary N) is 3. The lowest BCUT2D eigenvalue weighted by Gasteiger charge is -2.33. The third-order valence-corrected chi connectivity index (χ3v) is 6.86. The van der Waals surface area contributed by atoms with Crippen molar-refractivity contribution in [2.24, 2.45) is 5.92 Å². The van der Waals surface area contributed by atoms with Crippen molar-refractivity contribution >= 4 is 40.8 Å². The quantitative estimate of drug-likeness (QED) is 0.318. The minimum Gasteiger partial charge on any atom is -0.481 e. The molecule has 204 valence electrons. The summed E-state index contributed by atoms with van der Waals surface area (Å²) >= 11 is 0. The Morgan fingerprint density at radius 2 is 1.68 bits per heavy atom. The smallest absolute Gasteiger partial charge is 0.323 e. The van der Waals surface area contributed by atoms with Gasteiger partial charge in [0.25, 0.3) is 0 Å². The average Bonchev–Trinajstić information content (AvgIpc) is 3.34. The van der Waals surface area contributed by atoms with Crippen molar-refractivity contribution in [2.45, 2.75) is 71.4 Å². The normalized spacial score (nSPS) is 16.0. The van der Waals surface area contributed by atoms with E-state index in [9.17, 15) is 19.2 Å². The summed E-state index contributed by atoms with van der Waals surface area (Å²) in [6, 6.07) is 13.8. The molecule has 1 heterocycles. The Balaban J connectivity index is 1.56. The van der Waals surface area contributed by atoms with Gasteiger partial charge in [0, 0.05) is 36.4 Å². The van der Waals surface area contributed by atoms with Crippen LogP contribution in [0.15, 0.2) is 48.5 Å². The molecule has 0 bridgehead atoms. The number of carbonyl (C=O) groups is 4. The van der Waals surface area contributed by atoms with E-state index in [0.29, 0.717) is 30.8 Å². The molecule has 9 heteroatoms. The van der Waals surface area contributed by atoms with E-state index in [1.165, 1.54) is 0 Å². The summed E-state index contributed by atoms with van der Waals surface area (Å²) in [7, 11) is 0. The monoisotopic (exact) mass is 522 g/mol. The number of benzene rings is 2. The first-order valence-corrected chi connectivity index (χ1v) is 13.0. The molecule has 9 nitrogen and oxygen atoms in total. The number of rotatable bonds is 11. The van der Waals surface area contributed by atoms with Crippen LogP contribution in [0.4, 0.5) is 21.9 Å². The molecule has 0 saturated carbocycles. The molecule has 1 aliphatic rings. The fourth-order valence-corrected chi connectivity index (χ4v) is 4.73. The molecule has 0 aliphatic carbocycles. The van der Waals surface area contributed by atoms with Crippen molar-refractivity contribution in [1.29, 1.82) is 0 Å². The highest BCUT2D eigenvalue weighted by molar-refractivity contribution is 6.00. The summed E-state index contributed by atoms with van der Waals surface area (Å²) in [6.07, 6.45) is 2.11. The lowest BCUT2D eigenvalue weighted by molar-refractivity contribution is -0.140. The lowest BCUT2D eigenvalue weighted by Crippen LogP contribution is -2.52. The molecule has 0 aromatic heterocycles. The second-order valence-electron chi connectivity index (χ2n) is 10.6. The number of amides is 3. The number of para-hydroxylation sites is 1. The summed E-state index contributed by atoms with van der Waals surface area (Å²) in [5.74, 6) is -1.14. The van der Waals surface area contributed by atoms with Crippen LogP contribution in [-0.2, 0) is 14.4 Å². The van der Waals surface area contributed by atoms with E-state index in [1.807, 2.05) is 38.1 Å². The summed E-state index contributed by atoms with van der Waals surface area (Å²) in [4.78, 5) is 51.2. The second kappa shape index (κ2) is 12.6. The number of carboxylic acids is 1. The van der Waals surface area contributed by atoms with Crippen molar-refractivity contribution < 1.29 is 24.3 Å². The van der Waals surface area contributed by atoms with E-state index < -0.39 is 17.6 Å². The van der Waals surface area contributed by atoms with Gasteiger partial charge in [-0.3, -0.25) is 14.4 Å². The molecule has 4 N–H and O–H groups in total. The zero-order chi connectivity index (χ0) is 27.9. The van der Waals surface area contributed by atoms with Gasteiger partial charge < -0.3 is 26.0 Å². The van der Waals surface area contributed by atoms with Crippen LogP contribution in [0.1, 0.15) is 58.4 Å². The number of hydrogen-bond donors (Lipinski definition) is 4. The van der Waals surface area contributed by atoms with Crippen LogP contribution < -0.4 is 16.0 Å². The number of nitrogens with zero attached hydrogens (tertiary/aromatic N) is 1. The maximum absolute atomic E-state index is 13.5. The standard InChI is InChI=1S/C29H38N4O5/c1-19(18-26(35)36)11-16-25(34)33-17-7-10-24(33)27(37)29(3,4)32-22-14-12-21(13-15-22)30-28(38)31-23-9-6-5-8-20(23)2/h5-6,8-9,12-15,19,24,32H,7,10-11,16-18H2,1-4H3,(H,35,36)(H2,30,31,38)/t19-,24-/m0/s1. The number of likely N-dealkylation sites (tertiary alicyclic amines) is 1. The Bertz CT molecular complexity index is 1160. The third kappa shape index (κ3) is 7.81. The van der Waals surface area contributed by atoms with Crippen molar-refractivity contribution in [2.75, 3.05) is 22.5 Å². The first-order valence-electron chi connectivity index (χ1n) is 13.0. The number of carbonyl (C=O) groups excluding carboxylic acids is 3. The van der Waals surface area contributed by atoms with Crippen LogP contribution in [0.25, 0.3) is 0 Å². The number of urea groups is 1. The van der Waals surface area contributed by atoms with Crippen molar-refractivity contribution in [3.63, 3.8) is 0 Å². The Labute approximate surface area is 224 Å². The molecule has 3 amide bonds. The summed E-state index contributed by atoms with van der Waals surface area (Å²) in [6.45, 7) is 7.87. The molecule has 1 aliphatic heterocycles. The number of hydrogen-bond acceptors (Lipinski definition) is 5. The molecule has 38 heavy (non-hydrogen) atoms. The van der Waals surface area contributed by atoms with Gasteiger partial charge in [-0.05, 0) is 81.8 Å². The second-order valence-corrected chi connectivity index (χ2v) is 10.6. The van der Waals surface area contributed by atoms with E-state index in [-0.39, 0.29) is 36.5 Å². The van der Waals surface area contributed by atoms with Crippen molar-refractivity contribution in [1.82, 2.24) is 4.90 Å². The zero-order valence-corrected chi connectivity index (χ0v) is 22.5. The highest BCUT2D eigenvalue weighted by atomic mass is 16.4. The number of carboxylic acid groups (broad SMARTS) is 1. The molecule has 2 atom stereocenters. The molecule has 0 unspecified atom stereocenters. The van der Waals surface area contributed by atoms with E-state index in [0.717, 1.165) is 17.7 Å². The maximum atomic E-state index is 13.5. The Kier molecular flexibility index (Phi) is 9.50. The van der Waals surface area contributed by atoms with Crippen LogP contribution in [0, 0.1) is 12.8 Å². The van der Waals surface area contributed by atoms with Gasteiger partial charge in [-0.15, -0.1) is 0 Å². The lowest BCUT2D eigenvalue weighted by atomic mass is 9.91. The zero-order valence-electron chi connectivity index (χ0n) is 22.5. The van der Waals surface area contributed by atoms with Gasteiger partial charge in [-0.1, -0.05) is 25.1 Å². The molecule has 1 fully saturated rings. The number of anilines is 3. The van der Waals surface area contributed by atoms with Gasteiger partial charge in [-0.2, -0.15) is 0 Å². The maximum Gasteiger partial charge on any atom is 0.323 e. The number of Topliss-reactive ketones (excluding diaryl/α,β-unsaturated/α-hetero) is 1. The van der Waals surface area contributed by atoms with Crippen LogP contribution >= 0.6 is 0 Å². The van der Waals surface area contributed by atoms with Crippen LogP contribution in [0.2, 0.25) is 0 Å². The number of aryl methyl sites for hydroxylation is 1. The van der Waals surface area contributed by atoms with Crippen LogP contribution in [-0.4, -0.2) is 51.8 Å². The summed E-state index contributed by atoms with van der Waals surface area (Å²) in [5.41, 5.74) is 2.09. The molecule has 1 saturated heterocycles. The van der Waals surface area contributed by atoms with Gasteiger partial charge >= 0.3 is 12.0 Å². The predicted molar refractivity (Wildman–Crippen MR) is 148 cm³/mol. The molecule has 0 spiro atoms. The van der Waals surface area contributed by atoms with E-state index >= 15 is 0 Å². The molecular weight excluding hydrogens is 484 g/mol. The summed E-state index contributed by atoms with van der Waals surface area (Å²) < 4.78 is 0. The van der Waals surface area contributed by atoms with Gasteiger partial charge in [-0.25, -0.2) is 4.79 Å². The number of ketones is 1. The topological polar surface area (TPSA) is 128 Å².